The Kier molecular flexibility index (Phi) is 5.67. The van der Waals surface area contributed by atoms with Gasteiger partial charge in [-0.3, -0.25) is 4.79 Å². The SMILES string of the molecule is CC(=O)C(C)(C)OCc1cc(-c2cccc(OC3CC3)c2)n(-c2ccccc2Cl)n1. The lowest BCUT2D eigenvalue weighted by molar-refractivity contribution is -0.139. The number of aromatic nitrogens is 2. The van der Waals surface area contributed by atoms with Gasteiger partial charge in [-0.05, 0) is 63.9 Å². The molecule has 0 unspecified atom stereocenters. The number of carbonyl (C=O) groups is 1. The Bertz CT molecular complexity index is 1070. The summed E-state index contributed by atoms with van der Waals surface area (Å²) in [5.74, 6) is 0.815. The monoisotopic (exact) mass is 424 g/mol. The van der Waals surface area contributed by atoms with Gasteiger partial charge in [0.25, 0.3) is 0 Å². The third-order valence-corrected chi connectivity index (χ3v) is 5.55. The quantitative estimate of drug-likeness (QED) is 0.471. The lowest BCUT2D eigenvalue weighted by Gasteiger charge is -2.21. The minimum absolute atomic E-state index is 0.0295. The van der Waals surface area contributed by atoms with Crippen molar-refractivity contribution in [1.82, 2.24) is 9.78 Å². The molecule has 1 aliphatic rings. The van der Waals surface area contributed by atoms with E-state index in [1.165, 1.54) is 6.92 Å². The largest absolute Gasteiger partial charge is 0.490 e. The second-order valence-electron chi connectivity index (χ2n) is 8.08. The summed E-state index contributed by atoms with van der Waals surface area (Å²) in [5.41, 5.74) is 2.47. The number of hydrogen-bond donors (Lipinski definition) is 0. The van der Waals surface area contributed by atoms with Gasteiger partial charge in [0.15, 0.2) is 5.78 Å². The Balaban J connectivity index is 1.71. The molecule has 0 atom stereocenters. The Morgan fingerprint density at radius 1 is 1.17 bits per heavy atom. The fraction of sp³-hybridized carbons (Fsp3) is 0.333. The first-order valence-electron chi connectivity index (χ1n) is 10.1. The van der Waals surface area contributed by atoms with Gasteiger partial charge in [0.2, 0.25) is 0 Å². The maximum atomic E-state index is 11.8. The third-order valence-electron chi connectivity index (χ3n) is 5.23. The van der Waals surface area contributed by atoms with E-state index in [1.807, 2.05) is 59.3 Å². The molecule has 30 heavy (non-hydrogen) atoms. The number of ether oxygens (including phenoxy) is 2. The van der Waals surface area contributed by atoms with Crippen LogP contribution in [0.3, 0.4) is 0 Å². The zero-order valence-electron chi connectivity index (χ0n) is 17.4. The molecule has 0 N–H and O–H groups in total. The molecule has 3 aromatic rings. The second kappa shape index (κ2) is 8.25. The first-order chi connectivity index (χ1) is 14.3. The molecule has 5 nitrogen and oxygen atoms in total. The average molecular weight is 425 g/mol. The van der Waals surface area contributed by atoms with Crippen molar-refractivity contribution in [3.8, 4) is 22.7 Å². The zero-order valence-corrected chi connectivity index (χ0v) is 18.1. The van der Waals surface area contributed by atoms with E-state index in [9.17, 15) is 4.79 Å². The standard InChI is InChI=1S/C24H25ClN2O3/c1-16(28)24(2,3)29-15-18-14-23(27(26-18)22-10-5-4-9-21(22)25)17-7-6-8-20(13-17)30-19-11-12-19/h4-10,13-14,19H,11-12,15H2,1-3H3. The Morgan fingerprint density at radius 2 is 1.93 bits per heavy atom. The summed E-state index contributed by atoms with van der Waals surface area (Å²) in [5, 5.41) is 5.34. The molecule has 1 aromatic heterocycles. The number of rotatable bonds is 8. The highest BCUT2D eigenvalue weighted by Crippen LogP contribution is 2.32. The molecule has 2 aromatic carbocycles. The predicted molar refractivity (Wildman–Crippen MR) is 117 cm³/mol. The van der Waals surface area contributed by atoms with Gasteiger partial charge >= 0.3 is 0 Å². The molecule has 1 saturated carbocycles. The summed E-state index contributed by atoms with van der Waals surface area (Å²) in [6.07, 6.45) is 2.54. The van der Waals surface area contributed by atoms with Crippen LogP contribution in [0.5, 0.6) is 5.75 Å². The van der Waals surface area contributed by atoms with Crippen LogP contribution >= 0.6 is 11.6 Å². The average Bonchev–Trinajstić information content (AvgIpc) is 3.42. The van der Waals surface area contributed by atoms with Crippen LogP contribution in [0.25, 0.3) is 16.9 Å². The van der Waals surface area contributed by atoms with Crippen molar-refractivity contribution in [1.29, 1.82) is 0 Å². The van der Waals surface area contributed by atoms with E-state index >= 15 is 0 Å². The van der Waals surface area contributed by atoms with E-state index in [4.69, 9.17) is 26.2 Å². The lowest BCUT2D eigenvalue weighted by Crippen LogP contribution is -2.32. The van der Waals surface area contributed by atoms with Crippen LogP contribution in [-0.4, -0.2) is 27.3 Å². The third kappa shape index (κ3) is 4.58. The summed E-state index contributed by atoms with van der Waals surface area (Å²) < 4.78 is 13.6. The zero-order chi connectivity index (χ0) is 21.3. The molecule has 0 saturated heterocycles. The minimum atomic E-state index is -0.869. The minimum Gasteiger partial charge on any atom is -0.490 e. The van der Waals surface area contributed by atoms with Crippen molar-refractivity contribution in [2.45, 2.75) is 51.9 Å². The molecule has 0 spiro atoms. The molecule has 156 valence electrons. The number of halogens is 1. The van der Waals surface area contributed by atoms with Gasteiger partial charge in [0.05, 0.1) is 34.8 Å². The van der Waals surface area contributed by atoms with Gasteiger partial charge in [-0.15, -0.1) is 0 Å². The highest BCUT2D eigenvalue weighted by molar-refractivity contribution is 6.32. The Labute approximate surface area is 181 Å². The molecule has 1 heterocycles. The highest BCUT2D eigenvalue weighted by atomic mass is 35.5. The van der Waals surface area contributed by atoms with E-state index in [2.05, 4.69) is 0 Å². The van der Waals surface area contributed by atoms with Crippen molar-refractivity contribution >= 4 is 17.4 Å². The molecule has 0 bridgehead atoms. The molecular weight excluding hydrogens is 400 g/mol. The molecule has 1 aliphatic carbocycles. The van der Waals surface area contributed by atoms with Crippen LogP contribution in [-0.2, 0) is 16.1 Å². The molecule has 1 fully saturated rings. The summed E-state index contributed by atoms with van der Waals surface area (Å²) in [6, 6.07) is 17.5. The van der Waals surface area contributed by atoms with Crippen molar-refractivity contribution in [2.24, 2.45) is 0 Å². The number of ketones is 1. The van der Waals surface area contributed by atoms with Crippen molar-refractivity contribution in [2.75, 3.05) is 0 Å². The van der Waals surface area contributed by atoms with Crippen LogP contribution in [0.2, 0.25) is 5.02 Å². The van der Waals surface area contributed by atoms with E-state index in [-0.39, 0.29) is 12.4 Å². The number of Topliss-reactive ketones (excluding diaryl/α,β-unsaturated/α-hetero) is 1. The van der Waals surface area contributed by atoms with Crippen molar-refractivity contribution < 1.29 is 14.3 Å². The predicted octanol–water partition coefficient (Wildman–Crippen LogP) is 5.62. The van der Waals surface area contributed by atoms with Gasteiger partial charge < -0.3 is 9.47 Å². The van der Waals surface area contributed by atoms with Gasteiger partial charge in [-0.25, -0.2) is 4.68 Å². The topological polar surface area (TPSA) is 53.4 Å². The van der Waals surface area contributed by atoms with Crippen LogP contribution in [0.1, 0.15) is 39.3 Å². The Hall–Kier alpha value is -2.63. The summed E-state index contributed by atoms with van der Waals surface area (Å²) in [4.78, 5) is 11.8. The Morgan fingerprint density at radius 3 is 2.63 bits per heavy atom. The number of carbonyl (C=O) groups excluding carboxylic acids is 1. The molecule has 6 heteroatoms. The number of para-hydroxylation sites is 1. The number of hydrogen-bond acceptors (Lipinski definition) is 4. The first-order valence-corrected chi connectivity index (χ1v) is 10.5. The summed E-state index contributed by atoms with van der Waals surface area (Å²) in [6.45, 7) is 5.27. The van der Waals surface area contributed by atoms with Crippen molar-refractivity contribution in [3.05, 3.63) is 65.3 Å². The van der Waals surface area contributed by atoms with Crippen LogP contribution < -0.4 is 4.74 Å². The fourth-order valence-corrected chi connectivity index (χ4v) is 3.19. The second-order valence-corrected chi connectivity index (χ2v) is 8.49. The van der Waals surface area contributed by atoms with Gasteiger partial charge in [-0.1, -0.05) is 35.9 Å². The first kappa shape index (κ1) is 20.6. The van der Waals surface area contributed by atoms with Crippen molar-refractivity contribution in [3.63, 3.8) is 0 Å². The maximum absolute atomic E-state index is 11.8. The van der Waals surface area contributed by atoms with E-state index in [0.29, 0.717) is 16.8 Å². The van der Waals surface area contributed by atoms with E-state index in [0.717, 1.165) is 35.5 Å². The number of benzene rings is 2. The lowest BCUT2D eigenvalue weighted by atomic mass is 10.1. The van der Waals surface area contributed by atoms with Crippen LogP contribution in [0.4, 0.5) is 0 Å². The van der Waals surface area contributed by atoms with Crippen LogP contribution in [0, 0.1) is 0 Å². The molecular formula is C24H25ClN2O3. The van der Waals surface area contributed by atoms with Gasteiger partial charge in [-0.2, -0.15) is 5.10 Å². The van der Waals surface area contributed by atoms with E-state index in [1.54, 1.807) is 13.8 Å². The fourth-order valence-electron chi connectivity index (χ4n) is 2.98. The smallest absolute Gasteiger partial charge is 0.161 e. The highest BCUT2D eigenvalue weighted by Gasteiger charge is 2.26. The normalized spacial score (nSPS) is 14.0. The van der Waals surface area contributed by atoms with Crippen LogP contribution in [0.15, 0.2) is 54.6 Å². The number of nitrogens with zero attached hydrogens (tertiary/aromatic N) is 2. The van der Waals surface area contributed by atoms with E-state index < -0.39 is 5.60 Å². The summed E-state index contributed by atoms with van der Waals surface area (Å²) >= 11 is 6.47. The molecule has 0 aliphatic heterocycles. The molecule has 4 rings (SSSR count). The molecule has 0 amide bonds. The molecule has 0 radical (unpaired) electrons. The maximum Gasteiger partial charge on any atom is 0.161 e. The summed E-state index contributed by atoms with van der Waals surface area (Å²) in [7, 11) is 0. The van der Waals surface area contributed by atoms with Gasteiger partial charge in [0, 0.05) is 5.56 Å². The van der Waals surface area contributed by atoms with Gasteiger partial charge in [0.1, 0.15) is 11.4 Å².